The van der Waals surface area contributed by atoms with E-state index in [-0.39, 0.29) is 11.7 Å². The molecule has 4 N–H and O–H groups in total. The van der Waals surface area contributed by atoms with E-state index >= 15 is 0 Å². The van der Waals surface area contributed by atoms with Crippen LogP contribution in [0.4, 0.5) is 15.8 Å². The van der Waals surface area contributed by atoms with Gasteiger partial charge in [-0.05, 0) is 41.3 Å². The Labute approximate surface area is 171 Å². The number of aromatic amines is 1. The van der Waals surface area contributed by atoms with Crippen LogP contribution in [-0.4, -0.2) is 29.0 Å². The number of aromatic nitrogens is 2. The highest BCUT2D eigenvalue weighted by Gasteiger charge is 2.14. The smallest absolute Gasteiger partial charge is 0.263 e. The number of thiophene rings is 1. The number of hydrogen-bond acceptors (Lipinski definition) is 5. The van der Waals surface area contributed by atoms with Crippen molar-refractivity contribution in [2.75, 3.05) is 18.4 Å². The van der Waals surface area contributed by atoms with Crippen molar-refractivity contribution in [1.29, 1.82) is 0 Å². The zero-order chi connectivity index (χ0) is 20.1. The summed E-state index contributed by atoms with van der Waals surface area (Å²) in [6.45, 7) is 1.73. The summed E-state index contributed by atoms with van der Waals surface area (Å²) < 4.78 is 12.9. The highest BCUT2D eigenvalue weighted by molar-refractivity contribution is 7.12. The third-order valence-electron chi connectivity index (χ3n) is 4.43. The lowest BCUT2D eigenvalue weighted by Gasteiger charge is -2.10. The van der Waals surface area contributed by atoms with E-state index in [4.69, 9.17) is 0 Å². The maximum Gasteiger partial charge on any atom is 0.263 e. The van der Waals surface area contributed by atoms with E-state index in [9.17, 15) is 9.18 Å². The van der Waals surface area contributed by atoms with Crippen LogP contribution in [0.25, 0.3) is 11.0 Å². The van der Waals surface area contributed by atoms with Crippen LogP contribution in [0.15, 0.2) is 60.2 Å². The van der Waals surface area contributed by atoms with Crippen LogP contribution in [0.1, 0.15) is 15.2 Å². The average Bonchev–Trinajstić information content (AvgIpc) is 3.39. The fraction of sp³-hybridized carbons (Fsp3) is 0.143. The van der Waals surface area contributed by atoms with Gasteiger partial charge >= 0.3 is 0 Å². The first kappa shape index (κ1) is 19.1. The lowest BCUT2D eigenvalue weighted by molar-refractivity contribution is 0.0958. The van der Waals surface area contributed by atoms with Gasteiger partial charge in [0, 0.05) is 37.4 Å². The molecule has 1 aromatic carbocycles. The molecule has 1 amide bonds. The molecule has 29 heavy (non-hydrogen) atoms. The monoisotopic (exact) mass is 409 g/mol. The molecule has 6 nitrogen and oxygen atoms in total. The number of hydrogen-bond donors (Lipinski definition) is 4. The van der Waals surface area contributed by atoms with Crippen LogP contribution in [0, 0.1) is 5.82 Å². The number of amides is 1. The second kappa shape index (κ2) is 8.85. The molecule has 3 aromatic heterocycles. The van der Waals surface area contributed by atoms with Gasteiger partial charge in [0.15, 0.2) is 0 Å². The molecular weight excluding hydrogens is 389 g/mol. The number of pyridine rings is 1. The summed E-state index contributed by atoms with van der Waals surface area (Å²) in [6, 6.07) is 12.1. The van der Waals surface area contributed by atoms with Crippen LogP contribution in [0.3, 0.4) is 0 Å². The van der Waals surface area contributed by atoms with Crippen LogP contribution in [0.2, 0.25) is 0 Å². The predicted octanol–water partition coefficient (Wildman–Crippen LogP) is 4.03. The number of nitrogens with one attached hydrogen (secondary N) is 4. The molecule has 3 heterocycles. The first-order chi connectivity index (χ1) is 14.2. The largest absolute Gasteiger partial charge is 0.354 e. The normalized spacial score (nSPS) is 10.9. The number of fused-ring (bicyclic) bond motifs is 1. The quantitative estimate of drug-likeness (QED) is 0.331. The van der Waals surface area contributed by atoms with Gasteiger partial charge in [0.2, 0.25) is 0 Å². The van der Waals surface area contributed by atoms with Crippen molar-refractivity contribution < 1.29 is 9.18 Å². The fourth-order valence-corrected chi connectivity index (χ4v) is 3.74. The maximum absolute atomic E-state index is 12.9. The summed E-state index contributed by atoms with van der Waals surface area (Å²) in [7, 11) is 0. The third-order valence-corrected chi connectivity index (χ3v) is 5.34. The molecule has 0 unspecified atom stereocenters. The van der Waals surface area contributed by atoms with Gasteiger partial charge in [0.25, 0.3) is 5.91 Å². The van der Waals surface area contributed by atoms with Gasteiger partial charge in [0.05, 0.1) is 11.4 Å². The topological polar surface area (TPSA) is 81.8 Å². The number of carbonyl (C=O) groups is 1. The number of halogens is 1. The highest BCUT2D eigenvalue weighted by atomic mass is 32.1. The zero-order valence-electron chi connectivity index (χ0n) is 15.5. The Kier molecular flexibility index (Phi) is 5.83. The van der Waals surface area contributed by atoms with Crippen LogP contribution >= 0.6 is 11.3 Å². The van der Waals surface area contributed by atoms with Crippen LogP contribution < -0.4 is 16.0 Å². The standard InChI is InChI=1S/C21H20FN5OS/c22-15-3-1-14(2-4-15)13-23-10-11-26-21(28)19-18(7-12-29-19)27-17-6-9-25-20-16(17)5-8-24-20/h1-9,12,23H,10-11,13H2,(H,26,28)(H2,24,25,27). The fourth-order valence-electron chi connectivity index (χ4n) is 2.98. The van der Waals surface area contributed by atoms with E-state index in [0.717, 1.165) is 28.0 Å². The summed E-state index contributed by atoms with van der Waals surface area (Å²) in [5.41, 5.74) is 3.45. The Bertz CT molecular complexity index is 1110. The zero-order valence-corrected chi connectivity index (χ0v) is 16.4. The minimum atomic E-state index is -0.245. The minimum Gasteiger partial charge on any atom is -0.354 e. The van der Waals surface area contributed by atoms with Gasteiger partial charge in [-0.15, -0.1) is 11.3 Å². The number of benzene rings is 1. The van der Waals surface area contributed by atoms with Crippen molar-refractivity contribution in [3.63, 3.8) is 0 Å². The van der Waals surface area contributed by atoms with Gasteiger partial charge < -0.3 is 20.9 Å². The summed E-state index contributed by atoms with van der Waals surface area (Å²) in [5.74, 6) is -0.365. The van der Waals surface area contributed by atoms with Crippen molar-refractivity contribution in [3.05, 3.63) is 76.5 Å². The summed E-state index contributed by atoms with van der Waals surface area (Å²) in [6.07, 6.45) is 3.56. The van der Waals surface area contributed by atoms with E-state index in [1.165, 1.54) is 23.5 Å². The average molecular weight is 409 g/mol. The molecule has 4 rings (SSSR count). The van der Waals surface area contributed by atoms with E-state index in [1.807, 2.05) is 29.8 Å². The molecule has 0 saturated heterocycles. The number of carbonyl (C=O) groups excluding carboxylic acids is 1. The molecule has 0 radical (unpaired) electrons. The molecule has 8 heteroatoms. The van der Waals surface area contributed by atoms with E-state index in [2.05, 4.69) is 25.9 Å². The highest BCUT2D eigenvalue weighted by Crippen LogP contribution is 2.29. The van der Waals surface area contributed by atoms with Gasteiger partial charge in [-0.2, -0.15) is 0 Å². The molecule has 148 valence electrons. The maximum atomic E-state index is 12.9. The Balaban J connectivity index is 1.30. The van der Waals surface area contributed by atoms with Crippen molar-refractivity contribution in [2.45, 2.75) is 6.54 Å². The summed E-state index contributed by atoms with van der Waals surface area (Å²) >= 11 is 1.39. The van der Waals surface area contributed by atoms with E-state index < -0.39 is 0 Å². The van der Waals surface area contributed by atoms with E-state index in [1.54, 1.807) is 18.3 Å². The van der Waals surface area contributed by atoms with Gasteiger partial charge in [-0.3, -0.25) is 4.79 Å². The lowest BCUT2D eigenvalue weighted by atomic mass is 10.2. The van der Waals surface area contributed by atoms with Crippen molar-refractivity contribution in [2.24, 2.45) is 0 Å². The summed E-state index contributed by atoms with van der Waals surface area (Å²) in [5, 5.41) is 12.4. The molecule has 0 aliphatic carbocycles. The molecule has 0 saturated carbocycles. The van der Waals surface area contributed by atoms with Crippen LogP contribution in [-0.2, 0) is 6.54 Å². The van der Waals surface area contributed by atoms with E-state index in [0.29, 0.717) is 24.5 Å². The second-order valence-electron chi connectivity index (χ2n) is 6.45. The number of anilines is 2. The van der Waals surface area contributed by atoms with Crippen molar-refractivity contribution in [1.82, 2.24) is 20.6 Å². The first-order valence-electron chi connectivity index (χ1n) is 9.21. The molecule has 0 spiro atoms. The van der Waals surface area contributed by atoms with Gasteiger partial charge in [-0.1, -0.05) is 12.1 Å². The molecule has 0 aliphatic heterocycles. The summed E-state index contributed by atoms with van der Waals surface area (Å²) in [4.78, 5) is 20.6. The first-order valence-corrected chi connectivity index (χ1v) is 10.1. The number of H-pyrrole nitrogens is 1. The molecule has 0 bridgehead atoms. The molecule has 0 aliphatic rings. The minimum absolute atomic E-state index is 0.120. The van der Waals surface area contributed by atoms with Gasteiger partial charge in [-0.25, -0.2) is 9.37 Å². The lowest BCUT2D eigenvalue weighted by Crippen LogP contribution is -2.31. The Morgan fingerprint density at radius 3 is 2.79 bits per heavy atom. The molecule has 0 atom stereocenters. The Morgan fingerprint density at radius 2 is 1.93 bits per heavy atom. The molecular formula is C21H20FN5OS. The van der Waals surface area contributed by atoms with Gasteiger partial charge in [0.1, 0.15) is 16.3 Å². The third kappa shape index (κ3) is 4.61. The number of nitrogens with zero attached hydrogens (tertiary/aromatic N) is 1. The van der Waals surface area contributed by atoms with Crippen molar-refractivity contribution >= 4 is 39.7 Å². The Morgan fingerprint density at radius 1 is 1.07 bits per heavy atom. The number of rotatable bonds is 8. The van der Waals surface area contributed by atoms with Crippen LogP contribution in [0.5, 0.6) is 0 Å². The Hall–Kier alpha value is -3.23. The second-order valence-corrected chi connectivity index (χ2v) is 7.36. The SMILES string of the molecule is O=C(NCCNCc1ccc(F)cc1)c1sccc1Nc1ccnc2[nH]ccc12. The predicted molar refractivity (Wildman–Crippen MR) is 114 cm³/mol. The molecule has 4 aromatic rings. The molecule has 0 fully saturated rings. The van der Waals surface area contributed by atoms with Crippen molar-refractivity contribution in [3.8, 4) is 0 Å².